The Morgan fingerprint density at radius 2 is 2.20 bits per heavy atom. The van der Waals surface area contributed by atoms with Crippen molar-refractivity contribution < 1.29 is 18.5 Å². The average molecular weight is 217 g/mol. The third-order valence-corrected chi connectivity index (χ3v) is 1.61. The summed E-state index contributed by atoms with van der Waals surface area (Å²) in [6.45, 7) is 0. The number of nitro groups is 1. The number of alkyl halides is 2. The molecular weight excluding hydrogens is 212 g/mol. The molecule has 0 saturated heterocycles. The van der Waals surface area contributed by atoms with Crippen LogP contribution in [0.2, 0.25) is 0 Å². The first kappa shape index (κ1) is 11.0. The van der Waals surface area contributed by atoms with E-state index in [9.17, 15) is 23.7 Å². The van der Waals surface area contributed by atoms with Gasteiger partial charge in [0.05, 0.1) is 11.0 Å². The molecule has 1 aromatic rings. The molecule has 0 fully saturated rings. The van der Waals surface area contributed by atoms with Gasteiger partial charge in [-0.3, -0.25) is 14.9 Å². The number of halogens is 2. The standard InChI is InChI=1S/C7H5F2N3O3/c8-7(9)6-3(2-13)4(12(14)15)1-5(10)11-6/h1-2,7H,(H2,10,11). The Balaban J connectivity index is 3.52. The fourth-order valence-corrected chi connectivity index (χ4v) is 1.02. The molecule has 15 heavy (non-hydrogen) atoms. The summed E-state index contributed by atoms with van der Waals surface area (Å²) >= 11 is 0. The molecule has 0 saturated carbocycles. The van der Waals surface area contributed by atoms with Crippen LogP contribution in [0.25, 0.3) is 0 Å². The number of nitrogens with zero attached hydrogens (tertiary/aromatic N) is 2. The summed E-state index contributed by atoms with van der Waals surface area (Å²) in [7, 11) is 0. The maximum Gasteiger partial charge on any atom is 0.285 e. The van der Waals surface area contributed by atoms with E-state index in [1.807, 2.05) is 0 Å². The summed E-state index contributed by atoms with van der Waals surface area (Å²) in [6.07, 6.45) is -3.13. The molecule has 0 atom stereocenters. The lowest BCUT2D eigenvalue weighted by Crippen LogP contribution is -2.05. The van der Waals surface area contributed by atoms with E-state index in [4.69, 9.17) is 5.73 Å². The summed E-state index contributed by atoms with van der Waals surface area (Å²) in [5.41, 5.74) is 2.60. The highest BCUT2D eigenvalue weighted by Gasteiger charge is 2.25. The molecule has 0 aliphatic rings. The number of carbonyl (C=O) groups excluding carboxylic acids is 1. The Kier molecular flexibility index (Phi) is 2.88. The second-order valence-corrected chi connectivity index (χ2v) is 2.54. The highest BCUT2D eigenvalue weighted by atomic mass is 19.3. The number of rotatable bonds is 3. The molecule has 8 heteroatoms. The van der Waals surface area contributed by atoms with Crippen LogP contribution in [0.4, 0.5) is 20.3 Å². The van der Waals surface area contributed by atoms with Crippen LogP contribution in [-0.4, -0.2) is 16.2 Å². The van der Waals surface area contributed by atoms with E-state index in [-0.39, 0.29) is 6.29 Å². The molecule has 2 N–H and O–H groups in total. The molecule has 0 spiro atoms. The molecule has 0 bridgehead atoms. The van der Waals surface area contributed by atoms with E-state index < -0.39 is 34.1 Å². The monoisotopic (exact) mass is 217 g/mol. The zero-order valence-electron chi connectivity index (χ0n) is 7.18. The minimum atomic E-state index is -3.09. The van der Waals surface area contributed by atoms with Crippen LogP contribution >= 0.6 is 0 Å². The van der Waals surface area contributed by atoms with Crippen LogP contribution in [0.3, 0.4) is 0 Å². The molecule has 0 radical (unpaired) electrons. The van der Waals surface area contributed by atoms with Crippen molar-refractivity contribution in [2.75, 3.05) is 5.73 Å². The normalized spacial score (nSPS) is 10.3. The average Bonchev–Trinajstić information content (AvgIpc) is 2.16. The van der Waals surface area contributed by atoms with Gasteiger partial charge >= 0.3 is 0 Å². The van der Waals surface area contributed by atoms with Gasteiger partial charge in [-0.1, -0.05) is 0 Å². The van der Waals surface area contributed by atoms with Crippen molar-refractivity contribution in [3.8, 4) is 0 Å². The van der Waals surface area contributed by atoms with Gasteiger partial charge in [-0.2, -0.15) is 0 Å². The molecule has 1 heterocycles. The predicted molar refractivity (Wildman–Crippen MR) is 45.6 cm³/mol. The molecule has 1 aromatic heterocycles. The summed E-state index contributed by atoms with van der Waals surface area (Å²) in [6, 6.07) is 0.760. The number of aldehydes is 1. The Hall–Kier alpha value is -2.12. The number of hydrogen-bond acceptors (Lipinski definition) is 5. The SMILES string of the molecule is Nc1cc([N+](=O)[O-])c(C=O)c(C(F)F)n1. The van der Waals surface area contributed by atoms with Gasteiger partial charge in [-0.05, 0) is 0 Å². The van der Waals surface area contributed by atoms with Crippen LogP contribution in [0, 0.1) is 10.1 Å². The Morgan fingerprint density at radius 3 is 2.60 bits per heavy atom. The topological polar surface area (TPSA) is 99.1 Å². The van der Waals surface area contributed by atoms with Gasteiger partial charge in [0.25, 0.3) is 12.1 Å². The van der Waals surface area contributed by atoms with E-state index >= 15 is 0 Å². The molecule has 6 nitrogen and oxygen atoms in total. The first-order chi connectivity index (χ1) is 6.97. The van der Waals surface area contributed by atoms with Crippen molar-refractivity contribution in [2.45, 2.75) is 6.43 Å². The zero-order chi connectivity index (χ0) is 11.6. The van der Waals surface area contributed by atoms with Crippen LogP contribution in [0.15, 0.2) is 6.07 Å². The number of hydrogen-bond donors (Lipinski definition) is 1. The van der Waals surface area contributed by atoms with Crippen LogP contribution in [-0.2, 0) is 0 Å². The highest BCUT2D eigenvalue weighted by Crippen LogP contribution is 2.28. The quantitative estimate of drug-likeness (QED) is 0.467. The van der Waals surface area contributed by atoms with E-state index in [2.05, 4.69) is 4.98 Å². The Bertz CT molecular complexity index is 422. The number of aromatic nitrogens is 1. The molecule has 0 aliphatic carbocycles. The van der Waals surface area contributed by atoms with Crippen molar-refractivity contribution in [1.29, 1.82) is 0 Å². The van der Waals surface area contributed by atoms with Gasteiger partial charge in [0.1, 0.15) is 17.1 Å². The van der Waals surface area contributed by atoms with Gasteiger partial charge in [0.2, 0.25) is 0 Å². The van der Waals surface area contributed by atoms with Gasteiger partial charge in [-0.15, -0.1) is 0 Å². The predicted octanol–water partition coefficient (Wildman–Crippen LogP) is 1.32. The number of carbonyl (C=O) groups is 1. The van der Waals surface area contributed by atoms with Gasteiger partial charge in [0.15, 0.2) is 6.29 Å². The zero-order valence-corrected chi connectivity index (χ0v) is 7.18. The smallest absolute Gasteiger partial charge is 0.285 e. The molecule has 0 amide bonds. The number of pyridine rings is 1. The second kappa shape index (κ2) is 3.95. The first-order valence-electron chi connectivity index (χ1n) is 3.65. The number of nitrogen functional groups attached to an aromatic ring is 1. The van der Waals surface area contributed by atoms with Crippen LogP contribution < -0.4 is 5.73 Å². The number of nitrogens with two attached hydrogens (primary N) is 1. The minimum Gasteiger partial charge on any atom is -0.383 e. The summed E-state index contributed by atoms with van der Waals surface area (Å²) < 4.78 is 24.7. The van der Waals surface area contributed by atoms with Gasteiger partial charge in [-0.25, -0.2) is 13.8 Å². The van der Waals surface area contributed by atoms with Crippen molar-refractivity contribution in [2.24, 2.45) is 0 Å². The Morgan fingerprint density at radius 1 is 1.60 bits per heavy atom. The lowest BCUT2D eigenvalue weighted by atomic mass is 10.1. The number of anilines is 1. The molecular formula is C7H5F2N3O3. The van der Waals surface area contributed by atoms with Crippen molar-refractivity contribution in [3.05, 3.63) is 27.4 Å². The van der Waals surface area contributed by atoms with Crippen molar-refractivity contribution in [1.82, 2.24) is 4.98 Å². The lowest BCUT2D eigenvalue weighted by molar-refractivity contribution is -0.385. The lowest BCUT2D eigenvalue weighted by Gasteiger charge is -2.04. The summed E-state index contributed by atoms with van der Waals surface area (Å²) in [4.78, 5) is 23.1. The molecule has 0 aliphatic heterocycles. The van der Waals surface area contributed by atoms with Crippen molar-refractivity contribution in [3.63, 3.8) is 0 Å². The molecule has 0 unspecified atom stereocenters. The van der Waals surface area contributed by atoms with E-state index in [1.165, 1.54) is 0 Å². The largest absolute Gasteiger partial charge is 0.383 e. The fourth-order valence-electron chi connectivity index (χ4n) is 1.02. The first-order valence-corrected chi connectivity index (χ1v) is 3.65. The van der Waals surface area contributed by atoms with E-state index in [0.29, 0.717) is 0 Å². The molecule has 80 valence electrons. The van der Waals surface area contributed by atoms with E-state index in [0.717, 1.165) is 6.07 Å². The van der Waals surface area contributed by atoms with Crippen molar-refractivity contribution >= 4 is 17.8 Å². The molecule has 1 rings (SSSR count). The fraction of sp³-hybridized carbons (Fsp3) is 0.143. The highest BCUT2D eigenvalue weighted by molar-refractivity contribution is 5.83. The summed E-state index contributed by atoms with van der Waals surface area (Å²) in [5, 5.41) is 10.4. The maximum absolute atomic E-state index is 12.3. The summed E-state index contributed by atoms with van der Waals surface area (Å²) in [5.74, 6) is -0.428. The maximum atomic E-state index is 12.3. The van der Waals surface area contributed by atoms with Gasteiger partial charge < -0.3 is 5.73 Å². The van der Waals surface area contributed by atoms with Crippen LogP contribution in [0.5, 0.6) is 0 Å². The third kappa shape index (κ3) is 2.03. The Labute approximate surface area is 81.9 Å². The minimum absolute atomic E-state index is 0.0356. The second-order valence-electron chi connectivity index (χ2n) is 2.54. The molecule has 0 aromatic carbocycles. The third-order valence-electron chi connectivity index (χ3n) is 1.61. The van der Waals surface area contributed by atoms with Gasteiger partial charge in [0, 0.05) is 0 Å². The van der Waals surface area contributed by atoms with Crippen LogP contribution in [0.1, 0.15) is 22.5 Å². The van der Waals surface area contributed by atoms with E-state index in [1.54, 1.807) is 0 Å².